The molecule has 0 amide bonds. The Labute approximate surface area is 222 Å². The zero-order valence-corrected chi connectivity index (χ0v) is 21.4. The van der Waals surface area contributed by atoms with Crippen molar-refractivity contribution >= 4 is 28.2 Å². The number of nitrogens with one attached hydrogen (secondary N) is 1. The molecule has 2 aliphatic heterocycles. The smallest absolute Gasteiger partial charge is 0.227 e. The maximum Gasteiger partial charge on any atom is 0.227 e. The zero-order chi connectivity index (χ0) is 25.6. The lowest BCUT2D eigenvalue weighted by atomic mass is 10.1. The Hall–Kier alpha value is -3.79. The van der Waals surface area contributed by atoms with Crippen molar-refractivity contribution in [3.8, 4) is 17.0 Å². The summed E-state index contributed by atoms with van der Waals surface area (Å²) in [6.45, 7) is 8.40. The standard InChI is InChI=1S/C29H32N6O3/c1-2-22-20-31-29(32-23-4-6-24(7-5-23)35-13-17-37-18-14-35)33-28(22)26(3-1)27-9-8-25(21-30-27)38-19-12-34-10-15-36-16-11-34/h1-9,20-21H,10-19H2,(H,31,32,33). The molecule has 4 aromatic rings. The van der Waals surface area contributed by atoms with Crippen molar-refractivity contribution in [2.45, 2.75) is 0 Å². The predicted octanol–water partition coefficient (Wildman–Crippen LogP) is 3.98. The molecule has 0 spiro atoms. The molecule has 0 bridgehead atoms. The summed E-state index contributed by atoms with van der Waals surface area (Å²) >= 11 is 0. The molecule has 2 saturated heterocycles. The molecule has 196 valence electrons. The van der Waals surface area contributed by atoms with Gasteiger partial charge in [0, 0.05) is 61.2 Å². The Morgan fingerprint density at radius 3 is 2.37 bits per heavy atom. The fourth-order valence-corrected chi connectivity index (χ4v) is 4.77. The third-order valence-corrected chi connectivity index (χ3v) is 6.90. The molecule has 9 heteroatoms. The molecule has 2 aliphatic rings. The van der Waals surface area contributed by atoms with E-state index in [4.69, 9.17) is 19.2 Å². The summed E-state index contributed by atoms with van der Waals surface area (Å²) < 4.78 is 16.8. The van der Waals surface area contributed by atoms with Crippen molar-refractivity contribution in [3.63, 3.8) is 0 Å². The summed E-state index contributed by atoms with van der Waals surface area (Å²) in [4.78, 5) is 18.7. The molecule has 1 N–H and O–H groups in total. The van der Waals surface area contributed by atoms with E-state index in [0.717, 1.165) is 92.7 Å². The van der Waals surface area contributed by atoms with E-state index < -0.39 is 0 Å². The largest absolute Gasteiger partial charge is 0.491 e. The van der Waals surface area contributed by atoms with E-state index in [2.05, 4.69) is 49.4 Å². The molecule has 0 radical (unpaired) electrons. The third-order valence-electron chi connectivity index (χ3n) is 6.90. The topological polar surface area (TPSA) is 84.9 Å². The van der Waals surface area contributed by atoms with Crippen LogP contribution in [0.15, 0.2) is 67.0 Å². The Balaban J connectivity index is 1.14. The molecule has 2 fully saturated rings. The van der Waals surface area contributed by atoms with Crippen LogP contribution in [0.25, 0.3) is 22.2 Å². The first-order chi connectivity index (χ1) is 18.8. The van der Waals surface area contributed by atoms with E-state index in [1.165, 1.54) is 5.69 Å². The monoisotopic (exact) mass is 512 g/mol. The molecule has 38 heavy (non-hydrogen) atoms. The zero-order valence-electron chi connectivity index (χ0n) is 21.4. The van der Waals surface area contributed by atoms with Crippen LogP contribution in [0.3, 0.4) is 0 Å². The number of pyridine rings is 1. The molecular formula is C29H32N6O3. The summed E-state index contributed by atoms with van der Waals surface area (Å²) in [6, 6.07) is 18.4. The van der Waals surface area contributed by atoms with Gasteiger partial charge in [0.25, 0.3) is 0 Å². The van der Waals surface area contributed by atoms with E-state index in [1.54, 1.807) is 6.20 Å². The average molecular weight is 513 g/mol. The Bertz CT molecular complexity index is 1340. The van der Waals surface area contributed by atoms with Gasteiger partial charge in [-0.3, -0.25) is 9.88 Å². The molecule has 2 aromatic heterocycles. The van der Waals surface area contributed by atoms with Crippen molar-refractivity contribution < 1.29 is 14.2 Å². The summed E-state index contributed by atoms with van der Waals surface area (Å²) in [7, 11) is 0. The van der Waals surface area contributed by atoms with Crippen LogP contribution in [0, 0.1) is 0 Å². The number of anilines is 3. The summed E-state index contributed by atoms with van der Waals surface area (Å²) in [6.07, 6.45) is 3.63. The minimum Gasteiger partial charge on any atom is -0.491 e. The van der Waals surface area contributed by atoms with Crippen molar-refractivity contribution in [2.75, 3.05) is 76.0 Å². The van der Waals surface area contributed by atoms with Gasteiger partial charge in [0.15, 0.2) is 0 Å². The highest BCUT2D eigenvalue weighted by Crippen LogP contribution is 2.28. The van der Waals surface area contributed by atoms with Gasteiger partial charge in [-0.15, -0.1) is 0 Å². The number of hydrogen-bond acceptors (Lipinski definition) is 9. The van der Waals surface area contributed by atoms with Crippen LogP contribution in [0.4, 0.5) is 17.3 Å². The van der Waals surface area contributed by atoms with Crippen molar-refractivity contribution in [3.05, 3.63) is 67.0 Å². The van der Waals surface area contributed by atoms with Gasteiger partial charge in [0.05, 0.1) is 43.8 Å². The van der Waals surface area contributed by atoms with Crippen LogP contribution in [-0.4, -0.2) is 85.6 Å². The van der Waals surface area contributed by atoms with Crippen LogP contribution < -0.4 is 15.0 Å². The Morgan fingerprint density at radius 2 is 1.61 bits per heavy atom. The van der Waals surface area contributed by atoms with E-state index in [9.17, 15) is 0 Å². The van der Waals surface area contributed by atoms with Crippen molar-refractivity contribution in [1.82, 2.24) is 19.9 Å². The molecule has 9 nitrogen and oxygen atoms in total. The summed E-state index contributed by atoms with van der Waals surface area (Å²) in [5.41, 5.74) is 4.78. The second-order valence-corrected chi connectivity index (χ2v) is 9.39. The maximum absolute atomic E-state index is 5.93. The van der Waals surface area contributed by atoms with Crippen molar-refractivity contribution in [2.24, 2.45) is 0 Å². The number of hydrogen-bond donors (Lipinski definition) is 1. The van der Waals surface area contributed by atoms with Gasteiger partial charge in [0.1, 0.15) is 12.4 Å². The molecule has 6 rings (SSSR count). The molecule has 0 atom stereocenters. The Kier molecular flexibility index (Phi) is 7.57. The number of morpholine rings is 2. The minimum atomic E-state index is 0.548. The van der Waals surface area contributed by atoms with Gasteiger partial charge in [-0.1, -0.05) is 18.2 Å². The quantitative estimate of drug-likeness (QED) is 0.377. The van der Waals surface area contributed by atoms with Crippen LogP contribution in [0.2, 0.25) is 0 Å². The third kappa shape index (κ3) is 5.85. The highest BCUT2D eigenvalue weighted by molar-refractivity contribution is 5.93. The van der Waals surface area contributed by atoms with E-state index in [-0.39, 0.29) is 0 Å². The highest BCUT2D eigenvalue weighted by atomic mass is 16.5. The number of para-hydroxylation sites is 1. The lowest BCUT2D eigenvalue weighted by Crippen LogP contribution is -2.38. The Morgan fingerprint density at radius 1 is 0.816 bits per heavy atom. The molecule has 0 saturated carbocycles. The van der Waals surface area contributed by atoms with Crippen LogP contribution >= 0.6 is 0 Å². The number of rotatable bonds is 8. The number of ether oxygens (including phenoxy) is 3. The second kappa shape index (κ2) is 11.7. The van der Waals surface area contributed by atoms with Gasteiger partial charge in [-0.05, 0) is 36.4 Å². The number of fused-ring (bicyclic) bond motifs is 1. The first-order valence-corrected chi connectivity index (χ1v) is 13.2. The molecule has 0 aliphatic carbocycles. The van der Waals surface area contributed by atoms with Gasteiger partial charge < -0.3 is 24.4 Å². The van der Waals surface area contributed by atoms with Gasteiger partial charge in [-0.25, -0.2) is 9.97 Å². The lowest BCUT2D eigenvalue weighted by Gasteiger charge is -2.28. The highest BCUT2D eigenvalue weighted by Gasteiger charge is 2.13. The molecule has 4 heterocycles. The molecule has 2 aromatic carbocycles. The number of benzene rings is 2. The number of aromatic nitrogens is 3. The van der Waals surface area contributed by atoms with E-state index in [1.807, 2.05) is 36.5 Å². The minimum absolute atomic E-state index is 0.548. The van der Waals surface area contributed by atoms with Gasteiger partial charge in [-0.2, -0.15) is 0 Å². The molecular weight excluding hydrogens is 480 g/mol. The average Bonchev–Trinajstić information content (AvgIpc) is 2.99. The fraction of sp³-hybridized carbons (Fsp3) is 0.345. The first-order valence-electron chi connectivity index (χ1n) is 13.2. The summed E-state index contributed by atoms with van der Waals surface area (Å²) in [5.74, 6) is 1.31. The summed E-state index contributed by atoms with van der Waals surface area (Å²) in [5, 5.41) is 4.31. The predicted molar refractivity (Wildman–Crippen MR) is 148 cm³/mol. The maximum atomic E-state index is 5.93. The lowest BCUT2D eigenvalue weighted by molar-refractivity contribution is 0.0322. The SMILES string of the molecule is c1cc(-c2ccc(OCCN3CCOCC3)cn2)c2nc(Nc3ccc(N4CCOCC4)cc3)ncc2c1. The molecule has 0 unspecified atom stereocenters. The van der Waals surface area contributed by atoms with Crippen molar-refractivity contribution in [1.29, 1.82) is 0 Å². The normalized spacial score (nSPS) is 16.5. The first kappa shape index (κ1) is 24.5. The van der Waals surface area contributed by atoms with Crippen LogP contribution in [0.1, 0.15) is 0 Å². The number of nitrogens with zero attached hydrogens (tertiary/aromatic N) is 5. The van der Waals surface area contributed by atoms with E-state index >= 15 is 0 Å². The van der Waals surface area contributed by atoms with E-state index in [0.29, 0.717) is 12.6 Å². The fourth-order valence-electron chi connectivity index (χ4n) is 4.77. The van der Waals surface area contributed by atoms with Crippen LogP contribution in [0.5, 0.6) is 5.75 Å². The van der Waals surface area contributed by atoms with Gasteiger partial charge in [0.2, 0.25) is 5.95 Å². The van der Waals surface area contributed by atoms with Gasteiger partial charge >= 0.3 is 0 Å². The second-order valence-electron chi connectivity index (χ2n) is 9.39. The van der Waals surface area contributed by atoms with Crippen LogP contribution in [-0.2, 0) is 9.47 Å².